The summed E-state index contributed by atoms with van der Waals surface area (Å²) in [4.78, 5) is 21.0. The second-order valence-corrected chi connectivity index (χ2v) is 8.10. The van der Waals surface area contributed by atoms with Crippen LogP contribution in [0.4, 0.5) is 0 Å². The van der Waals surface area contributed by atoms with Crippen LogP contribution < -0.4 is 0 Å². The minimum absolute atomic E-state index is 0.0115. The van der Waals surface area contributed by atoms with Gasteiger partial charge in [-0.1, -0.05) is 12.7 Å². The summed E-state index contributed by atoms with van der Waals surface area (Å²) < 4.78 is 38.5. The molecular weight excluding hydrogens is 460 g/mol. The molecule has 0 aliphatic carbocycles. The van der Waals surface area contributed by atoms with Gasteiger partial charge >= 0.3 is 5.97 Å². The summed E-state index contributed by atoms with van der Waals surface area (Å²) in [6.45, 7) is 20.3. The number of esters is 1. The van der Waals surface area contributed by atoms with Crippen molar-refractivity contribution in [2.45, 2.75) is 65.1 Å². The molecule has 0 aromatic carbocycles. The van der Waals surface area contributed by atoms with E-state index in [1.54, 1.807) is 6.08 Å². The number of carbonyl (C=O) groups is 1. The van der Waals surface area contributed by atoms with Gasteiger partial charge in [-0.15, -0.1) is 6.58 Å². The van der Waals surface area contributed by atoms with Crippen molar-refractivity contribution in [1.82, 2.24) is 0 Å². The normalized spacial score (nSPS) is 15.7. The summed E-state index contributed by atoms with van der Waals surface area (Å²) >= 11 is 0. The van der Waals surface area contributed by atoms with Gasteiger partial charge in [0.25, 0.3) is 0 Å². The highest BCUT2D eigenvalue weighted by Gasteiger charge is 2.12. The van der Waals surface area contributed by atoms with E-state index in [4.69, 9.17) is 42.9 Å². The lowest BCUT2D eigenvalue weighted by Crippen LogP contribution is -2.29. The Morgan fingerprint density at radius 2 is 1.09 bits per heavy atom. The highest BCUT2D eigenvalue weighted by atomic mass is 17.2. The topological polar surface area (TPSA) is 100 Å². The standard InChI is InChI=1S/C25H46O10/c1-8-10-28-20(3)15-30-21(4)16-31-22(5)17-32-23(6)18-33-24(7)19-35-34-14-12-27-11-13-29-25(26)9-2/h8-9,20-24H,1-2,10-19H2,3-7H3. The minimum atomic E-state index is -0.475. The monoisotopic (exact) mass is 506 g/mol. The smallest absolute Gasteiger partial charge is 0.330 e. The van der Waals surface area contributed by atoms with Gasteiger partial charge < -0.3 is 33.2 Å². The summed E-state index contributed by atoms with van der Waals surface area (Å²) in [5, 5.41) is 0. The molecular formula is C25H46O10. The maximum absolute atomic E-state index is 10.8. The predicted octanol–water partition coefficient (Wildman–Crippen LogP) is 2.89. The van der Waals surface area contributed by atoms with E-state index in [1.807, 2.05) is 34.6 Å². The summed E-state index contributed by atoms with van der Waals surface area (Å²) in [5.41, 5.74) is 0. The molecule has 35 heavy (non-hydrogen) atoms. The van der Waals surface area contributed by atoms with Crippen molar-refractivity contribution in [3.05, 3.63) is 25.3 Å². The molecule has 5 atom stereocenters. The molecule has 0 aliphatic rings. The third-order valence-electron chi connectivity index (χ3n) is 4.30. The first-order valence-electron chi connectivity index (χ1n) is 12.1. The zero-order valence-electron chi connectivity index (χ0n) is 22.1. The van der Waals surface area contributed by atoms with E-state index < -0.39 is 5.97 Å². The third-order valence-corrected chi connectivity index (χ3v) is 4.30. The van der Waals surface area contributed by atoms with E-state index in [1.165, 1.54) is 0 Å². The molecule has 0 amide bonds. The molecule has 0 radical (unpaired) electrons. The molecule has 5 unspecified atom stereocenters. The van der Waals surface area contributed by atoms with Gasteiger partial charge in [0.05, 0.1) is 76.8 Å². The zero-order chi connectivity index (χ0) is 26.3. The summed E-state index contributed by atoms with van der Waals surface area (Å²) in [6.07, 6.45) is 2.47. The van der Waals surface area contributed by atoms with Gasteiger partial charge in [0.15, 0.2) is 0 Å². The molecule has 0 saturated heterocycles. The number of rotatable bonds is 25. The van der Waals surface area contributed by atoms with Gasteiger partial charge in [-0.2, -0.15) is 0 Å². The van der Waals surface area contributed by atoms with Crippen LogP contribution in [-0.4, -0.2) is 103 Å². The molecule has 0 fully saturated rings. The summed E-state index contributed by atoms with van der Waals surface area (Å²) in [7, 11) is 0. The van der Waals surface area contributed by atoms with Gasteiger partial charge in [-0.05, 0) is 34.6 Å². The average molecular weight is 507 g/mol. The Morgan fingerprint density at radius 1 is 0.629 bits per heavy atom. The van der Waals surface area contributed by atoms with Crippen LogP contribution in [0.2, 0.25) is 0 Å². The van der Waals surface area contributed by atoms with Crippen molar-refractivity contribution in [2.24, 2.45) is 0 Å². The van der Waals surface area contributed by atoms with Crippen LogP contribution in [0, 0.1) is 0 Å². The van der Waals surface area contributed by atoms with Crippen molar-refractivity contribution in [3.63, 3.8) is 0 Å². The fraction of sp³-hybridized carbons (Fsp3) is 0.800. The van der Waals surface area contributed by atoms with Crippen LogP contribution in [0.5, 0.6) is 0 Å². The van der Waals surface area contributed by atoms with Crippen LogP contribution >= 0.6 is 0 Å². The molecule has 0 rings (SSSR count). The van der Waals surface area contributed by atoms with E-state index >= 15 is 0 Å². The van der Waals surface area contributed by atoms with Crippen LogP contribution in [0.25, 0.3) is 0 Å². The molecule has 0 spiro atoms. The Bertz CT molecular complexity index is 530. The number of ether oxygens (including phenoxy) is 7. The lowest BCUT2D eigenvalue weighted by molar-refractivity contribution is -0.311. The van der Waals surface area contributed by atoms with E-state index in [2.05, 4.69) is 13.2 Å². The van der Waals surface area contributed by atoms with Crippen LogP contribution in [0.1, 0.15) is 34.6 Å². The zero-order valence-corrected chi connectivity index (χ0v) is 22.1. The maximum Gasteiger partial charge on any atom is 0.330 e. The molecule has 0 bridgehead atoms. The van der Waals surface area contributed by atoms with Crippen molar-refractivity contribution < 1.29 is 47.7 Å². The van der Waals surface area contributed by atoms with Crippen LogP contribution in [0.3, 0.4) is 0 Å². The second-order valence-electron chi connectivity index (χ2n) is 8.10. The average Bonchev–Trinajstić information content (AvgIpc) is 2.85. The highest BCUT2D eigenvalue weighted by Crippen LogP contribution is 2.03. The Kier molecular flexibility index (Phi) is 22.2. The molecule has 0 saturated carbocycles. The molecule has 0 heterocycles. The highest BCUT2D eigenvalue weighted by molar-refractivity contribution is 5.81. The Balaban J connectivity index is 3.64. The van der Waals surface area contributed by atoms with Gasteiger partial charge in [0, 0.05) is 6.08 Å². The van der Waals surface area contributed by atoms with Crippen molar-refractivity contribution >= 4 is 5.97 Å². The molecule has 0 N–H and O–H groups in total. The molecule has 0 aromatic rings. The van der Waals surface area contributed by atoms with E-state index in [0.29, 0.717) is 39.6 Å². The van der Waals surface area contributed by atoms with Gasteiger partial charge in [-0.3, -0.25) is 0 Å². The number of carbonyl (C=O) groups excluding carboxylic acids is 1. The van der Waals surface area contributed by atoms with Crippen LogP contribution in [0.15, 0.2) is 25.3 Å². The van der Waals surface area contributed by atoms with Crippen molar-refractivity contribution in [3.8, 4) is 0 Å². The molecule has 10 nitrogen and oxygen atoms in total. The first-order chi connectivity index (χ1) is 16.8. The summed E-state index contributed by atoms with van der Waals surface area (Å²) in [6, 6.07) is 0. The first-order valence-corrected chi connectivity index (χ1v) is 12.1. The van der Waals surface area contributed by atoms with Crippen molar-refractivity contribution in [2.75, 3.05) is 66.1 Å². The molecule has 0 aliphatic heterocycles. The summed E-state index contributed by atoms with van der Waals surface area (Å²) in [5.74, 6) is -0.475. The fourth-order valence-electron chi connectivity index (χ4n) is 2.33. The van der Waals surface area contributed by atoms with E-state index in [-0.39, 0.29) is 56.9 Å². The Hall–Kier alpha value is -1.37. The SMILES string of the molecule is C=CCOC(C)COC(C)COC(C)COC(C)COC(C)COOCCOCCOC(=O)C=C. The van der Waals surface area contributed by atoms with Gasteiger partial charge in [0.2, 0.25) is 0 Å². The number of hydrogen-bond acceptors (Lipinski definition) is 10. The molecule has 10 heteroatoms. The van der Waals surface area contributed by atoms with Crippen LogP contribution in [-0.2, 0) is 47.7 Å². The first kappa shape index (κ1) is 33.6. The fourth-order valence-corrected chi connectivity index (χ4v) is 2.33. The second kappa shape index (κ2) is 23.1. The maximum atomic E-state index is 10.8. The van der Waals surface area contributed by atoms with Gasteiger partial charge in [-0.25, -0.2) is 14.6 Å². The molecule has 206 valence electrons. The predicted molar refractivity (Wildman–Crippen MR) is 131 cm³/mol. The lowest BCUT2D eigenvalue weighted by atomic mass is 10.3. The van der Waals surface area contributed by atoms with E-state index in [9.17, 15) is 4.79 Å². The minimum Gasteiger partial charge on any atom is -0.460 e. The Morgan fingerprint density at radius 3 is 1.57 bits per heavy atom. The van der Waals surface area contributed by atoms with E-state index in [0.717, 1.165) is 6.08 Å². The third kappa shape index (κ3) is 22.8. The number of hydrogen-bond donors (Lipinski definition) is 0. The quantitative estimate of drug-likeness (QED) is 0.0459. The van der Waals surface area contributed by atoms with Crippen molar-refractivity contribution in [1.29, 1.82) is 0 Å². The van der Waals surface area contributed by atoms with Gasteiger partial charge in [0.1, 0.15) is 19.8 Å². The lowest BCUT2D eigenvalue weighted by Gasteiger charge is -2.22. The largest absolute Gasteiger partial charge is 0.460 e. The molecule has 0 aromatic heterocycles. The Labute approximate surface area is 210 Å².